The molecule has 296 valence electrons. The summed E-state index contributed by atoms with van der Waals surface area (Å²) < 4.78 is 0. The minimum Gasteiger partial charge on any atom is -0.208 e. The van der Waals surface area contributed by atoms with Gasteiger partial charge in [-0.3, -0.25) is 0 Å². The highest BCUT2D eigenvalue weighted by Gasteiger charge is 2.24. The molecule has 0 radical (unpaired) electrons. The summed E-state index contributed by atoms with van der Waals surface area (Å²) in [5.41, 5.74) is 17.1. The predicted octanol–water partition coefficient (Wildman–Crippen LogP) is 15.4. The van der Waals surface area contributed by atoms with E-state index in [1.54, 1.807) is 0 Å². The second-order valence-corrected chi connectivity index (χ2v) is 16.3. The van der Waals surface area contributed by atoms with E-state index in [2.05, 4.69) is 182 Å². The van der Waals surface area contributed by atoms with E-state index in [1.165, 1.54) is 44.0 Å². The SMILES string of the molecule is N#Cc1ccc(-c2cccc(-c3cccc(-c4nc(-c5ccccc5)nc(-c5ccc6ccccc6c5)n4)c3)c2)c(-c2cccc(-c3ccc4cccc5c4c3-c3ccccc3-5)c2)c1. The third-order valence-corrected chi connectivity index (χ3v) is 12.5. The molecule has 0 atom stereocenters. The van der Waals surface area contributed by atoms with Crippen LogP contribution in [0.4, 0.5) is 0 Å². The van der Waals surface area contributed by atoms with E-state index in [9.17, 15) is 5.26 Å². The van der Waals surface area contributed by atoms with Crippen molar-refractivity contribution in [2.24, 2.45) is 0 Å². The lowest BCUT2D eigenvalue weighted by molar-refractivity contribution is 1.07. The zero-order valence-corrected chi connectivity index (χ0v) is 34.6. The molecule has 1 aliphatic carbocycles. The Bertz CT molecular complexity index is 3690. The second kappa shape index (κ2) is 15.3. The maximum absolute atomic E-state index is 10.1. The monoisotopic (exact) mass is 812 g/mol. The summed E-state index contributed by atoms with van der Waals surface area (Å²) in [6.07, 6.45) is 0. The van der Waals surface area contributed by atoms with Crippen molar-refractivity contribution in [2.45, 2.75) is 0 Å². The molecule has 0 N–H and O–H groups in total. The Balaban J connectivity index is 0.937. The van der Waals surface area contributed by atoms with Gasteiger partial charge in [-0.2, -0.15) is 5.26 Å². The molecule has 0 unspecified atom stereocenters. The smallest absolute Gasteiger partial charge is 0.164 e. The van der Waals surface area contributed by atoms with Crippen LogP contribution in [0.5, 0.6) is 0 Å². The van der Waals surface area contributed by atoms with E-state index in [0.29, 0.717) is 23.0 Å². The minimum absolute atomic E-state index is 0.605. The normalized spacial score (nSPS) is 11.4. The molecule has 0 aliphatic heterocycles. The summed E-state index contributed by atoms with van der Waals surface area (Å²) in [7, 11) is 0. The Hall–Kier alpha value is -8.78. The fraction of sp³-hybridized carbons (Fsp3) is 0. The maximum atomic E-state index is 10.1. The van der Waals surface area contributed by atoms with Crippen molar-refractivity contribution < 1.29 is 0 Å². The van der Waals surface area contributed by atoms with Gasteiger partial charge in [0.25, 0.3) is 0 Å². The molecule has 0 saturated heterocycles. The van der Waals surface area contributed by atoms with Crippen molar-refractivity contribution in [2.75, 3.05) is 0 Å². The van der Waals surface area contributed by atoms with Crippen LogP contribution in [0.25, 0.3) is 122 Å². The molecule has 0 fully saturated rings. The van der Waals surface area contributed by atoms with E-state index in [4.69, 9.17) is 15.0 Å². The van der Waals surface area contributed by atoms with E-state index < -0.39 is 0 Å². The average Bonchev–Trinajstić information content (AvgIpc) is 3.71. The van der Waals surface area contributed by atoms with E-state index in [1.807, 2.05) is 42.5 Å². The molecule has 4 heteroatoms. The second-order valence-electron chi connectivity index (χ2n) is 16.3. The number of rotatable bonds is 7. The van der Waals surface area contributed by atoms with Gasteiger partial charge in [-0.1, -0.05) is 182 Å². The molecule has 0 bridgehead atoms. The predicted molar refractivity (Wildman–Crippen MR) is 262 cm³/mol. The van der Waals surface area contributed by atoms with Gasteiger partial charge in [0.15, 0.2) is 17.5 Å². The first kappa shape index (κ1) is 37.0. The third kappa shape index (κ3) is 6.43. The first-order valence-electron chi connectivity index (χ1n) is 21.5. The van der Waals surface area contributed by atoms with Gasteiger partial charge in [0.1, 0.15) is 0 Å². The highest BCUT2D eigenvalue weighted by atomic mass is 15.0. The van der Waals surface area contributed by atoms with Crippen molar-refractivity contribution in [3.8, 4) is 107 Å². The van der Waals surface area contributed by atoms with Crippen LogP contribution in [0, 0.1) is 11.3 Å². The molecule has 64 heavy (non-hydrogen) atoms. The molecule has 12 rings (SSSR count). The molecule has 0 saturated carbocycles. The molecule has 1 heterocycles. The lowest BCUT2D eigenvalue weighted by Gasteiger charge is -2.15. The van der Waals surface area contributed by atoms with Crippen LogP contribution in [0.2, 0.25) is 0 Å². The number of hydrogen-bond donors (Lipinski definition) is 0. The topological polar surface area (TPSA) is 62.5 Å². The van der Waals surface area contributed by atoms with Crippen LogP contribution < -0.4 is 0 Å². The van der Waals surface area contributed by atoms with Crippen LogP contribution in [0.1, 0.15) is 5.56 Å². The van der Waals surface area contributed by atoms with Crippen molar-refractivity contribution in [3.63, 3.8) is 0 Å². The number of benzene rings is 10. The summed E-state index contributed by atoms with van der Waals surface area (Å²) in [5.74, 6) is 1.85. The lowest BCUT2D eigenvalue weighted by atomic mass is 9.88. The van der Waals surface area contributed by atoms with Gasteiger partial charge in [-0.05, 0) is 125 Å². The molecular formula is C60H36N4. The Morgan fingerprint density at radius 2 is 0.781 bits per heavy atom. The first-order valence-corrected chi connectivity index (χ1v) is 21.5. The van der Waals surface area contributed by atoms with Crippen LogP contribution in [-0.2, 0) is 0 Å². The van der Waals surface area contributed by atoms with Crippen LogP contribution >= 0.6 is 0 Å². The maximum Gasteiger partial charge on any atom is 0.164 e. The average molecular weight is 813 g/mol. The molecule has 1 aromatic heterocycles. The fourth-order valence-electron chi connectivity index (χ4n) is 9.40. The number of nitrogens with zero attached hydrogens (tertiary/aromatic N) is 4. The summed E-state index contributed by atoms with van der Waals surface area (Å²) in [6.45, 7) is 0. The van der Waals surface area contributed by atoms with E-state index in [-0.39, 0.29) is 0 Å². The van der Waals surface area contributed by atoms with Crippen molar-refractivity contribution in [3.05, 3.63) is 224 Å². The van der Waals surface area contributed by atoms with Crippen LogP contribution in [0.15, 0.2) is 218 Å². The fourth-order valence-corrected chi connectivity index (χ4v) is 9.40. The van der Waals surface area contributed by atoms with Gasteiger partial charge in [0.2, 0.25) is 0 Å². The molecular weight excluding hydrogens is 777 g/mol. The van der Waals surface area contributed by atoms with Crippen LogP contribution in [0.3, 0.4) is 0 Å². The Morgan fingerprint density at radius 3 is 1.55 bits per heavy atom. The van der Waals surface area contributed by atoms with Crippen LogP contribution in [-0.4, -0.2) is 15.0 Å². The quantitative estimate of drug-likeness (QED) is 0.161. The number of nitriles is 1. The van der Waals surface area contributed by atoms with E-state index >= 15 is 0 Å². The lowest BCUT2D eigenvalue weighted by Crippen LogP contribution is -2.00. The molecule has 11 aromatic rings. The van der Waals surface area contributed by atoms with Gasteiger partial charge in [0, 0.05) is 16.7 Å². The summed E-state index contributed by atoms with van der Waals surface area (Å²) in [4.78, 5) is 15.1. The molecule has 0 spiro atoms. The van der Waals surface area contributed by atoms with Crippen molar-refractivity contribution >= 4 is 21.5 Å². The minimum atomic E-state index is 0.605. The molecule has 1 aliphatic rings. The number of fused-ring (bicyclic) bond motifs is 4. The van der Waals surface area contributed by atoms with Crippen molar-refractivity contribution in [1.82, 2.24) is 15.0 Å². The Labute approximate surface area is 371 Å². The zero-order valence-electron chi connectivity index (χ0n) is 34.6. The number of hydrogen-bond acceptors (Lipinski definition) is 4. The summed E-state index contributed by atoms with van der Waals surface area (Å²) in [5, 5.41) is 15.0. The third-order valence-electron chi connectivity index (χ3n) is 12.5. The first-order chi connectivity index (χ1) is 31.6. The zero-order chi connectivity index (χ0) is 42.6. The summed E-state index contributed by atoms with van der Waals surface area (Å²) in [6, 6.07) is 78.8. The summed E-state index contributed by atoms with van der Waals surface area (Å²) >= 11 is 0. The Morgan fingerprint density at radius 1 is 0.281 bits per heavy atom. The Kier molecular flexibility index (Phi) is 8.84. The van der Waals surface area contributed by atoms with E-state index in [0.717, 1.165) is 61.0 Å². The number of aromatic nitrogens is 3. The van der Waals surface area contributed by atoms with Gasteiger partial charge < -0.3 is 0 Å². The molecule has 4 nitrogen and oxygen atoms in total. The van der Waals surface area contributed by atoms with Gasteiger partial charge in [0.05, 0.1) is 11.6 Å². The molecule has 10 aromatic carbocycles. The molecule has 0 amide bonds. The van der Waals surface area contributed by atoms with Gasteiger partial charge >= 0.3 is 0 Å². The highest BCUT2D eigenvalue weighted by molar-refractivity contribution is 6.19. The van der Waals surface area contributed by atoms with Gasteiger partial charge in [-0.15, -0.1) is 0 Å². The largest absolute Gasteiger partial charge is 0.208 e. The van der Waals surface area contributed by atoms with Gasteiger partial charge in [-0.25, -0.2) is 15.0 Å². The van der Waals surface area contributed by atoms with Crippen molar-refractivity contribution in [1.29, 1.82) is 5.26 Å². The highest BCUT2D eigenvalue weighted by Crippen LogP contribution is 2.51. The standard InChI is InChI=1S/C60H36N4/c61-37-38-26-30-50(55(32-38)47-21-10-20-46(36-47)51-31-29-40-16-11-25-53-52-23-6-7-24-54(52)57(51)56(40)53)45-19-8-17-43(33-45)44-18-9-22-48(35-44)59-62-58(41-13-2-1-3-14-41)63-60(64-59)49-28-27-39-12-4-5-15-42(39)34-49/h1-36H.